The molecular weight excluding hydrogens is 232 g/mol. The zero-order chi connectivity index (χ0) is 12.1. The van der Waals surface area contributed by atoms with Gasteiger partial charge in [0.05, 0.1) is 6.61 Å². The molecule has 0 bridgehead atoms. The van der Waals surface area contributed by atoms with E-state index in [1.807, 2.05) is 13.0 Å². The molecule has 0 heterocycles. The maximum absolute atomic E-state index is 6.35. The Bertz CT molecular complexity index is 351. The SMILES string of the molecule is CCOc1ccccc1C1CCCCC(Cl)C1. The third-order valence-corrected chi connectivity index (χ3v) is 3.92. The highest BCUT2D eigenvalue weighted by Crippen LogP contribution is 2.37. The van der Waals surface area contributed by atoms with Crippen molar-refractivity contribution in [3.63, 3.8) is 0 Å². The molecule has 0 N–H and O–H groups in total. The van der Waals surface area contributed by atoms with Crippen LogP contribution in [-0.4, -0.2) is 12.0 Å². The fourth-order valence-corrected chi connectivity index (χ4v) is 3.06. The molecular formula is C15H21ClO. The highest BCUT2D eigenvalue weighted by Gasteiger charge is 2.22. The molecule has 94 valence electrons. The van der Waals surface area contributed by atoms with E-state index in [1.165, 1.54) is 24.8 Å². The second-order valence-electron chi connectivity index (χ2n) is 4.79. The number of para-hydroxylation sites is 1. The lowest BCUT2D eigenvalue weighted by molar-refractivity contribution is 0.332. The predicted octanol–water partition coefficient (Wildman–Crippen LogP) is 4.74. The summed E-state index contributed by atoms with van der Waals surface area (Å²) in [6.07, 6.45) is 6.05. The van der Waals surface area contributed by atoms with Crippen LogP contribution in [0, 0.1) is 0 Å². The molecule has 0 radical (unpaired) electrons. The minimum absolute atomic E-state index is 0.331. The van der Waals surface area contributed by atoms with Crippen molar-refractivity contribution in [1.29, 1.82) is 0 Å². The molecule has 0 amide bonds. The molecule has 1 aliphatic carbocycles. The van der Waals surface area contributed by atoms with E-state index in [1.54, 1.807) is 0 Å². The molecule has 0 spiro atoms. The van der Waals surface area contributed by atoms with Crippen LogP contribution in [0.4, 0.5) is 0 Å². The minimum Gasteiger partial charge on any atom is -0.494 e. The Kier molecular flexibility index (Phi) is 4.73. The van der Waals surface area contributed by atoms with Crippen LogP contribution < -0.4 is 4.74 Å². The Morgan fingerprint density at radius 2 is 2.00 bits per heavy atom. The van der Waals surface area contributed by atoms with Crippen molar-refractivity contribution < 1.29 is 4.74 Å². The van der Waals surface area contributed by atoms with Crippen LogP contribution in [0.3, 0.4) is 0 Å². The van der Waals surface area contributed by atoms with E-state index in [0.29, 0.717) is 11.3 Å². The van der Waals surface area contributed by atoms with Crippen LogP contribution in [0.5, 0.6) is 5.75 Å². The molecule has 2 rings (SSSR count). The number of alkyl halides is 1. The van der Waals surface area contributed by atoms with Crippen molar-refractivity contribution in [3.05, 3.63) is 29.8 Å². The van der Waals surface area contributed by atoms with Crippen molar-refractivity contribution >= 4 is 11.6 Å². The van der Waals surface area contributed by atoms with Crippen LogP contribution in [-0.2, 0) is 0 Å². The standard InChI is InChI=1S/C15H21ClO/c1-2-17-15-10-6-5-9-14(15)12-7-3-4-8-13(16)11-12/h5-6,9-10,12-13H,2-4,7-8,11H2,1H3. The topological polar surface area (TPSA) is 9.23 Å². The normalized spacial score (nSPS) is 25.3. The Balaban J connectivity index is 2.19. The summed E-state index contributed by atoms with van der Waals surface area (Å²) in [4.78, 5) is 0. The van der Waals surface area contributed by atoms with Gasteiger partial charge in [0.25, 0.3) is 0 Å². The van der Waals surface area contributed by atoms with Crippen LogP contribution in [0.15, 0.2) is 24.3 Å². The van der Waals surface area contributed by atoms with E-state index in [2.05, 4.69) is 18.2 Å². The Hall–Kier alpha value is -0.690. The summed E-state index contributed by atoms with van der Waals surface area (Å²) >= 11 is 6.35. The second kappa shape index (κ2) is 6.30. The zero-order valence-electron chi connectivity index (χ0n) is 10.5. The average Bonchev–Trinajstić information content (AvgIpc) is 2.55. The van der Waals surface area contributed by atoms with E-state index in [0.717, 1.165) is 25.2 Å². The summed E-state index contributed by atoms with van der Waals surface area (Å²) in [5.74, 6) is 1.62. The van der Waals surface area contributed by atoms with Gasteiger partial charge in [-0.2, -0.15) is 0 Å². The minimum atomic E-state index is 0.331. The van der Waals surface area contributed by atoms with E-state index in [9.17, 15) is 0 Å². The second-order valence-corrected chi connectivity index (χ2v) is 5.40. The average molecular weight is 253 g/mol. The molecule has 2 heteroatoms. The first-order valence-corrected chi connectivity index (χ1v) is 7.10. The summed E-state index contributed by atoms with van der Waals surface area (Å²) in [7, 11) is 0. The Morgan fingerprint density at radius 3 is 2.82 bits per heavy atom. The molecule has 1 saturated carbocycles. The molecule has 1 fully saturated rings. The Labute approximate surface area is 109 Å². The van der Waals surface area contributed by atoms with Gasteiger partial charge >= 0.3 is 0 Å². The lowest BCUT2D eigenvalue weighted by Gasteiger charge is -2.19. The number of hydrogen-bond acceptors (Lipinski definition) is 1. The zero-order valence-corrected chi connectivity index (χ0v) is 11.2. The van der Waals surface area contributed by atoms with Crippen molar-refractivity contribution in [2.45, 2.75) is 50.3 Å². The van der Waals surface area contributed by atoms with E-state index in [-0.39, 0.29) is 0 Å². The number of rotatable bonds is 3. The summed E-state index contributed by atoms with van der Waals surface area (Å²) in [6.45, 7) is 2.77. The van der Waals surface area contributed by atoms with Crippen LogP contribution in [0.2, 0.25) is 0 Å². The maximum Gasteiger partial charge on any atom is 0.122 e. The first kappa shape index (κ1) is 12.8. The Morgan fingerprint density at radius 1 is 1.24 bits per heavy atom. The van der Waals surface area contributed by atoms with Crippen LogP contribution in [0.25, 0.3) is 0 Å². The van der Waals surface area contributed by atoms with Gasteiger partial charge in [-0.15, -0.1) is 11.6 Å². The lowest BCUT2D eigenvalue weighted by atomic mass is 9.91. The molecule has 2 atom stereocenters. The summed E-state index contributed by atoms with van der Waals surface area (Å²) in [5, 5.41) is 0.331. The number of halogens is 1. The van der Waals surface area contributed by atoms with Gasteiger partial charge in [-0.3, -0.25) is 0 Å². The molecule has 1 nitrogen and oxygen atoms in total. The van der Waals surface area contributed by atoms with Gasteiger partial charge in [0.2, 0.25) is 0 Å². The van der Waals surface area contributed by atoms with Gasteiger partial charge < -0.3 is 4.74 Å². The number of hydrogen-bond donors (Lipinski definition) is 0. The molecule has 0 aliphatic heterocycles. The molecule has 1 aromatic rings. The molecule has 17 heavy (non-hydrogen) atoms. The fourth-order valence-electron chi connectivity index (χ4n) is 2.69. The third kappa shape index (κ3) is 3.38. The lowest BCUT2D eigenvalue weighted by Crippen LogP contribution is -2.06. The predicted molar refractivity (Wildman–Crippen MR) is 73.1 cm³/mol. The van der Waals surface area contributed by atoms with Crippen LogP contribution >= 0.6 is 11.6 Å². The van der Waals surface area contributed by atoms with Crippen molar-refractivity contribution in [3.8, 4) is 5.75 Å². The molecule has 1 aliphatic rings. The van der Waals surface area contributed by atoms with Gasteiger partial charge in [0, 0.05) is 5.38 Å². The van der Waals surface area contributed by atoms with Gasteiger partial charge in [-0.1, -0.05) is 31.0 Å². The summed E-state index contributed by atoms with van der Waals surface area (Å²) in [5.41, 5.74) is 1.35. The first-order valence-electron chi connectivity index (χ1n) is 6.67. The largest absolute Gasteiger partial charge is 0.494 e. The van der Waals surface area contributed by atoms with Crippen molar-refractivity contribution in [2.24, 2.45) is 0 Å². The number of benzene rings is 1. The van der Waals surface area contributed by atoms with Crippen molar-refractivity contribution in [2.75, 3.05) is 6.61 Å². The number of ether oxygens (including phenoxy) is 1. The summed E-state index contributed by atoms with van der Waals surface area (Å²) in [6, 6.07) is 8.42. The monoisotopic (exact) mass is 252 g/mol. The third-order valence-electron chi connectivity index (χ3n) is 3.52. The van der Waals surface area contributed by atoms with Gasteiger partial charge in [-0.25, -0.2) is 0 Å². The molecule has 1 aromatic carbocycles. The van der Waals surface area contributed by atoms with E-state index >= 15 is 0 Å². The maximum atomic E-state index is 6.35. The summed E-state index contributed by atoms with van der Waals surface area (Å²) < 4.78 is 5.72. The molecule has 0 aromatic heterocycles. The van der Waals surface area contributed by atoms with Gasteiger partial charge in [-0.05, 0) is 43.7 Å². The molecule has 2 unspecified atom stereocenters. The first-order chi connectivity index (χ1) is 8.31. The van der Waals surface area contributed by atoms with E-state index in [4.69, 9.17) is 16.3 Å². The smallest absolute Gasteiger partial charge is 0.122 e. The van der Waals surface area contributed by atoms with Crippen LogP contribution in [0.1, 0.15) is 50.5 Å². The molecule has 0 saturated heterocycles. The fraction of sp³-hybridized carbons (Fsp3) is 0.600. The van der Waals surface area contributed by atoms with Crippen molar-refractivity contribution in [1.82, 2.24) is 0 Å². The van der Waals surface area contributed by atoms with Gasteiger partial charge in [0.1, 0.15) is 5.75 Å². The highest BCUT2D eigenvalue weighted by molar-refractivity contribution is 6.20. The quantitative estimate of drug-likeness (QED) is 0.558. The van der Waals surface area contributed by atoms with E-state index < -0.39 is 0 Å². The van der Waals surface area contributed by atoms with Gasteiger partial charge in [0.15, 0.2) is 0 Å². The highest BCUT2D eigenvalue weighted by atomic mass is 35.5.